The van der Waals surface area contributed by atoms with Crippen molar-refractivity contribution in [1.29, 1.82) is 0 Å². The Balaban J connectivity index is 1.65. The minimum absolute atomic E-state index is 0.0375. The van der Waals surface area contributed by atoms with Crippen LogP contribution in [0.4, 0.5) is 5.13 Å². The summed E-state index contributed by atoms with van der Waals surface area (Å²) < 4.78 is 13.7. The number of benzene rings is 1. The Labute approximate surface area is 184 Å². The van der Waals surface area contributed by atoms with E-state index >= 15 is 0 Å². The Morgan fingerprint density at radius 2 is 2.23 bits per heavy atom. The van der Waals surface area contributed by atoms with Crippen molar-refractivity contribution >= 4 is 32.6 Å². The van der Waals surface area contributed by atoms with E-state index in [2.05, 4.69) is 9.97 Å². The number of aromatic nitrogens is 3. The van der Waals surface area contributed by atoms with Crippen LogP contribution in [0.1, 0.15) is 31.0 Å². The first-order valence-electron chi connectivity index (χ1n) is 10.4. The fourth-order valence-corrected chi connectivity index (χ4v) is 4.58. The van der Waals surface area contributed by atoms with Crippen molar-refractivity contribution in [3.05, 3.63) is 46.1 Å². The van der Waals surface area contributed by atoms with Gasteiger partial charge in [-0.25, -0.2) is 9.97 Å². The second-order valence-corrected chi connectivity index (χ2v) is 8.60. The van der Waals surface area contributed by atoms with Crippen LogP contribution < -0.4 is 15.2 Å². The van der Waals surface area contributed by atoms with E-state index in [1.807, 2.05) is 25.1 Å². The first-order valence-corrected chi connectivity index (χ1v) is 11.3. The highest BCUT2D eigenvalue weighted by atomic mass is 32.1. The predicted molar refractivity (Wildman–Crippen MR) is 120 cm³/mol. The number of amides is 1. The Morgan fingerprint density at radius 1 is 1.39 bits per heavy atom. The maximum absolute atomic E-state index is 13.3. The standard InChI is InChI=1S/C22H26N4O4S/c1-4-29-16-7-8-18-19(10-16)31-22(24-18)26(11-17-6-5-9-30-17)20(27)12-25-13-23-15(3)14(2)21(25)28/h7-8,10,13,17H,4-6,9,11-12H2,1-3H3. The van der Waals surface area contributed by atoms with Gasteiger partial charge in [0.15, 0.2) is 5.13 Å². The quantitative estimate of drug-likeness (QED) is 0.559. The number of hydrogen-bond donors (Lipinski definition) is 0. The van der Waals surface area contributed by atoms with E-state index in [1.165, 1.54) is 22.2 Å². The van der Waals surface area contributed by atoms with Gasteiger partial charge in [0, 0.05) is 17.9 Å². The number of carbonyl (C=O) groups excluding carboxylic acids is 1. The number of nitrogens with zero attached hydrogens (tertiary/aromatic N) is 4. The third kappa shape index (κ3) is 4.62. The van der Waals surface area contributed by atoms with E-state index < -0.39 is 0 Å². The Morgan fingerprint density at radius 3 is 2.97 bits per heavy atom. The molecule has 0 radical (unpaired) electrons. The SMILES string of the molecule is CCOc1ccc2nc(N(CC3CCCO3)C(=O)Cn3cnc(C)c(C)c3=O)sc2c1. The van der Waals surface area contributed by atoms with Gasteiger partial charge in [0.05, 0.1) is 35.8 Å². The van der Waals surface area contributed by atoms with Gasteiger partial charge in [0.25, 0.3) is 5.56 Å². The lowest BCUT2D eigenvalue weighted by atomic mass is 10.2. The molecule has 1 aromatic carbocycles. The van der Waals surface area contributed by atoms with Crippen molar-refractivity contribution in [2.45, 2.75) is 46.3 Å². The molecule has 1 aliphatic rings. The predicted octanol–water partition coefficient (Wildman–Crippen LogP) is 3.08. The van der Waals surface area contributed by atoms with Crippen molar-refractivity contribution in [1.82, 2.24) is 14.5 Å². The molecule has 0 bridgehead atoms. The van der Waals surface area contributed by atoms with Crippen LogP contribution >= 0.6 is 11.3 Å². The van der Waals surface area contributed by atoms with Gasteiger partial charge in [-0.05, 0) is 51.8 Å². The topological polar surface area (TPSA) is 86.6 Å². The van der Waals surface area contributed by atoms with E-state index in [0.717, 1.165) is 28.8 Å². The van der Waals surface area contributed by atoms with E-state index in [0.29, 0.717) is 36.1 Å². The molecule has 1 fully saturated rings. The summed E-state index contributed by atoms with van der Waals surface area (Å²) in [6.45, 7) is 7.03. The van der Waals surface area contributed by atoms with Gasteiger partial charge >= 0.3 is 0 Å². The number of rotatable bonds is 7. The molecule has 31 heavy (non-hydrogen) atoms. The molecule has 164 valence electrons. The number of fused-ring (bicyclic) bond motifs is 1. The molecule has 0 aliphatic carbocycles. The molecule has 1 aliphatic heterocycles. The highest BCUT2D eigenvalue weighted by Crippen LogP contribution is 2.32. The Hall–Kier alpha value is -2.78. The molecule has 1 amide bonds. The van der Waals surface area contributed by atoms with Crippen LogP contribution in [0.25, 0.3) is 10.2 Å². The summed E-state index contributed by atoms with van der Waals surface area (Å²) >= 11 is 1.43. The summed E-state index contributed by atoms with van der Waals surface area (Å²) in [5.41, 5.74) is 1.81. The summed E-state index contributed by atoms with van der Waals surface area (Å²) in [6.07, 6.45) is 3.27. The second kappa shape index (κ2) is 9.15. The first kappa shape index (κ1) is 21.5. The fraction of sp³-hybridized carbons (Fsp3) is 0.455. The van der Waals surface area contributed by atoms with Crippen molar-refractivity contribution in [2.24, 2.45) is 0 Å². The highest BCUT2D eigenvalue weighted by molar-refractivity contribution is 7.22. The number of anilines is 1. The van der Waals surface area contributed by atoms with Crippen LogP contribution in [0.3, 0.4) is 0 Å². The van der Waals surface area contributed by atoms with E-state index in [9.17, 15) is 9.59 Å². The maximum Gasteiger partial charge on any atom is 0.256 e. The highest BCUT2D eigenvalue weighted by Gasteiger charge is 2.27. The number of thiazole rings is 1. The molecular weight excluding hydrogens is 416 g/mol. The van der Waals surface area contributed by atoms with Gasteiger partial charge in [-0.1, -0.05) is 11.3 Å². The average molecular weight is 443 g/mol. The zero-order valence-corrected chi connectivity index (χ0v) is 18.8. The fourth-order valence-electron chi connectivity index (χ4n) is 3.56. The number of carbonyl (C=O) groups is 1. The largest absolute Gasteiger partial charge is 0.494 e. The summed E-state index contributed by atoms with van der Waals surface area (Å²) in [6, 6.07) is 5.71. The van der Waals surface area contributed by atoms with Gasteiger partial charge in [-0.3, -0.25) is 19.1 Å². The minimum Gasteiger partial charge on any atom is -0.494 e. The molecular formula is C22H26N4O4S. The molecule has 2 aromatic heterocycles. The third-order valence-corrected chi connectivity index (χ3v) is 6.46. The number of aryl methyl sites for hydroxylation is 1. The lowest BCUT2D eigenvalue weighted by Crippen LogP contribution is -2.41. The molecule has 0 spiro atoms. The van der Waals surface area contributed by atoms with E-state index in [-0.39, 0.29) is 24.1 Å². The zero-order valence-electron chi connectivity index (χ0n) is 18.0. The molecule has 1 unspecified atom stereocenters. The monoisotopic (exact) mass is 442 g/mol. The van der Waals surface area contributed by atoms with Crippen LogP contribution in [-0.4, -0.2) is 46.3 Å². The Kier molecular flexibility index (Phi) is 6.33. The van der Waals surface area contributed by atoms with Crippen LogP contribution in [-0.2, 0) is 16.1 Å². The smallest absolute Gasteiger partial charge is 0.256 e. The van der Waals surface area contributed by atoms with Crippen LogP contribution in [0, 0.1) is 13.8 Å². The van der Waals surface area contributed by atoms with Gasteiger partial charge in [-0.2, -0.15) is 0 Å². The van der Waals surface area contributed by atoms with E-state index in [4.69, 9.17) is 9.47 Å². The molecule has 8 nitrogen and oxygen atoms in total. The van der Waals surface area contributed by atoms with Crippen molar-refractivity contribution in [2.75, 3.05) is 24.7 Å². The van der Waals surface area contributed by atoms with Crippen LogP contribution in [0.15, 0.2) is 29.3 Å². The molecule has 0 N–H and O–H groups in total. The van der Waals surface area contributed by atoms with Gasteiger partial charge in [0.1, 0.15) is 12.3 Å². The molecule has 4 rings (SSSR count). The normalized spacial score (nSPS) is 16.0. The summed E-state index contributed by atoms with van der Waals surface area (Å²) in [4.78, 5) is 36.4. The average Bonchev–Trinajstić information content (AvgIpc) is 3.41. The van der Waals surface area contributed by atoms with Crippen LogP contribution in [0.5, 0.6) is 5.75 Å². The lowest BCUT2D eigenvalue weighted by Gasteiger charge is -2.23. The van der Waals surface area contributed by atoms with Gasteiger partial charge < -0.3 is 9.47 Å². The van der Waals surface area contributed by atoms with Crippen LogP contribution in [0.2, 0.25) is 0 Å². The van der Waals surface area contributed by atoms with Crippen molar-refractivity contribution in [3.8, 4) is 5.75 Å². The van der Waals surface area contributed by atoms with E-state index in [1.54, 1.807) is 18.7 Å². The summed E-state index contributed by atoms with van der Waals surface area (Å²) in [7, 11) is 0. The summed E-state index contributed by atoms with van der Waals surface area (Å²) in [5, 5.41) is 0.592. The van der Waals surface area contributed by atoms with Crippen molar-refractivity contribution < 1.29 is 14.3 Å². The number of hydrogen-bond acceptors (Lipinski definition) is 7. The lowest BCUT2D eigenvalue weighted by molar-refractivity contribution is -0.119. The molecule has 0 saturated carbocycles. The zero-order chi connectivity index (χ0) is 22.0. The molecule has 3 aromatic rings. The summed E-state index contributed by atoms with van der Waals surface area (Å²) in [5.74, 6) is 0.557. The second-order valence-electron chi connectivity index (χ2n) is 7.59. The molecule has 1 saturated heterocycles. The third-order valence-electron chi connectivity index (χ3n) is 5.42. The van der Waals surface area contributed by atoms with Crippen molar-refractivity contribution in [3.63, 3.8) is 0 Å². The maximum atomic E-state index is 13.3. The molecule has 3 heterocycles. The van der Waals surface area contributed by atoms with Gasteiger partial charge in [0.2, 0.25) is 5.91 Å². The Bertz CT molecular complexity index is 1150. The first-order chi connectivity index (χ1) is 15.0. The van der Waals surface area contributed by atoms with Gasteiger partial charge in [-0.15, -0.1) is 0 Å². The number of ether oxygens (including phenoxy) is 2. The molecule has 9 heteroatoms. The minimum atomic E-state index is -0.216. The molecule has 1 atom stereocenters.